The minimum absolute atomic E-state index is 0.425. The van der Waals surface area contributed by atoms with Gasteiger partial charge in [0.05, 0.1) is 0 Å². The van der Waals surface area contributed by atoms with E-state index in [2.05, 4.69) is 31.8 Å². The number of aromatic nitrogens is 1. The lowest BCUT2D eigenvalue weighted by molar-refractivity contribution is 0.521. The van der Waals surface area contributed by atoms with E-state index in [9.17, 15) is 0 Å². The summed E-state index contributed by atoms with van der Waals surface area (Å²) in [6.07, 6.45) is 2.92. The smallest absolute Gasteiger partial charge is 0.152 e. The molecule has 0 aliphatic rings. The van der Waals surface area contributed by atoms with Crippen molar-refractivity contribution >= 4 is 11.1 Å². The summed E-state index contributed by atoms with van der Waals surface area (Å²) in [6.45, 7) is 6.37. The largest absolute Gasteiger partial charge is 0.459 e. The molecule has 0 N–H and O–H groups in total. The maximum absolute atomic E-state index is 5.71. The number of fused-ring (bicyclic) bond motifs is 1. The zero-order valence-electron chi connectivity index (χ0n) is 8.87. The van der Waals surface area contributed by atoms with Crippen molar-refractivity contribution in [3.05, 3.63) is 29.7 Å². The number of hydrogen-bond donors (Lipinski definition) is 0. The number of rotatable bonds is 2. The molecule has 2 nitrogen and oxygen atoms in total. The number of furan rings is 1. The van der Waals surface area contributed by atoms with Crippen molar-refractivity contribution in [2.24, 2.45) is 0 Å². The second kappa shape index (κ2) is 3.45. The Kier molecular flexibility index (Phi) is 2.28. The van der Waals surface area contributed by atoms with E-state index in [0.29, 0.717) is 5.92 Å². The van der Waals surface area contributed by atoms with Crippen molar-refractivity contribution in [1.29, 1.82) is 0 Å². The van der Waals surface area contributed by atoms with Gasteiger partial charge in [0.25, 0.3) is 0 Å². The summed E-state index contributed by atoms with van der Waals surface area (Å²) in [5.41, 5.74) is 3.10. The molecule has 2 aromatic rings. The van der Waals surface area contributed by atoms with Crippen LogP contribution in [0.25, 0.3) is 11.1 Å². The predicted octanol–water partition coefficient (Wildman–Crippen LogP) is 3.51. The number of aryl methyl sites for hydroxylation is 1. The molecular weight excluding hydrogens is 174 g/mol. The summed E-state index contributed by atoms with van der Waals surface area (Å²) in [5, 5.41) is 0. The predicted molar refractivity (Wildman–Crippen MR) is 57.5 cm³/mol. The van der Waals surface area contributed by atoms with Gasteiger partial charge in [-0.1, -0.05) is 20.8 Å². The van der Waals surface area contributed by atoms with E-state index in [1.807, 2.05) is 12.3 Å². The lowest BCUT2D eigenvalue weighted by atomic mass is 10.1. The van der Waals surface area contributed by atoms with Crippen LogP contribution in [0.15, 0.2) is 22.7 Å². The average Bonchev–Trinajstić information content (AvgIpc) is 2.59. The Morgan fingerprint density at radius 3 is 2.79 bits per heavy atom. The second-order valence-corrected chi connectivity index (χ2v) is 3.88. The molecule has 2 aromatic heterocycles. The fourth-order valence-electron chi connectivity index (χ4n) is 1.45. The first kappa shape index (κ1) is 9.25. The molecule has 0 bridgehead atoms. The molecule has 0 spiro atoms. The Balaban J connectivity index is 2.54. The van der Waals surface area contributed by atoms with Crippen molar-refractivity contribution in [2.75, 3.05) is 0 Å². The van der Waals surface area contributed by atoms with Crippen molar-refractivity contribution < 1.29 is 4.42 Å². The molecule has 2 heteroatoms. The van der Waals surface area contributed by atoms with Crippen molar-refractivity contribution in [1.82, 2.24) is 4.98 Å². The van der Waals surface area contributed by atoms with Crippen LogP contribution in [0.4, 0.5) is 0 Å². The Morgan fingerprint density at radius 1 is 1.36 bits per heavy atom. The van der Waals surface area contributed by atoms with Gasteiger partial charge in [0, 0.05) is 18.2 Å². The van der Waals surface area contributed by atoms with Crippen LogP contribution in [0.5, 0.6) is 0 Å². The lowest BCUT2D eigenvalue weighted by Crippen LogP contribution is -1.80. The summed E-state index contributed by atoms with van der Waals surface area (Å²) >= 11 is 0. The first-order chi connectivity index (χ1) is 6.70. The van der Waals surface area contributed by atoms with Crippen LogP contribution in [0.1, 0.15) is 38.0 Å². The topological polar surface area (TPSA) is 26.0 Å². The minimum Gasteiger partial charge on any atom is -0.459 e. The lowest BCUT2D eigenvalue weighted by Gasteiger charge is -1.96. The van der Waals surface area contributed by atoms with Crippen LogP contribution in [-0.4, -0.2) is 4.98 Å². The number of nitrogens with zero attached hydrogens (tertiary/aromatic N) is 1. The van der Waals surface area contributed by atoms with Crippen LogP contribution in [0.2, 0.25) is 0 Å². The van der Waals surface area contributed by atoms with Gasteiger partial charge < -0.3 is 4.42 Å². The van der Waals surface area contributed by atoms with Gasteiger partial charge in [0.1, 0.15) is 11.3 Å². The van der Waals surface area contributed by atoms with Gasteiger partial charge in [-0.2, -0.15) is 0 Å². The van der Waals surface area contributed by atoms with E-state index in [4.69, 9.17) is 4.42 Å². The molecule has 0 aliphatic heterocycles. The summed E-state index contributed by atoms with van der Waals surface area (Å²) in [7, 11) is 0. The van der Waals surface area contributed by atoms with Gasteiger partial charge in [0.15, 0.2) is 5.58 Å². The fourth-order valence-corrected chi connectivity index (χ4v) is 1.45. The molecule has 0 atom stereocenters. The molecule has 2 heterocycles. The van der Waals surface area contributed by atoms with Gasteiger partial charge in [-0.15, -0.1) is 0 Å². The number of hydrogen-bond acceptors (Lipinski definition) is 2. The van der Waals surface area contributed by atoms with E-state index in [1.54, 1.807) is 0 Å². The standard InChI is InChI=1S/C12H15NO/c1-4-9-5-12-10(13-7-9)6-11(14-12)8(2)3/h5-8H,4H2,1-3H3. The van der Waals surface area contributed by atoms with Crippen LogP contribution < -0.4 is 0 Å². The highest BCUT2D eigenvalue weighted by atomic mass is 16.3. The molecule has 14 heavy (non-hydrogen) atoms. The van der Waals surface area contributed by atoms with E-state index in [-0.39, 0.29) is 0 Å². The van der Waals surface area contributed by atoms with E-state index in [1.165, 1.54) is 5.56 Å². The molecule has 2 rings (SSSR count). The van der Waals surface area contributed by atoms with Crippen molar-refractivity contribution in [2.45, 2.75) is 33.1 Å². The van der Waals surface area contributed by atoms with Crippen LogP contribution in [0, 0.1) is 0 Å². The van der Waals surface area contributed by atoms with Crippen molar-refractivity contribution in [3.8, 4) is 0 Å². The molecule has 0 unspecified atom stereocenters. The highest BCUT2D eigenvalue weighted by molar-refractivity contribution is 5.73. The van der Waals surface area contributed by atoms with Crippen molar-refractivity contribution in [3.63, 3.8) is 0 Å². The summed E-state index contributed by atoms with van der Waals surface area (Å²) in [4.78, 5) is 4.36. The van der Waals surface area contributed by atoms with Crippen LogP contribution in [0.3, 0.4) is 0 Å². The molecule has 74 valence electrons. The maximum Gasteiger partial charge on any atom is 0.152 e. The normalized spacial score (nSPS) is 11.4. The van der Waals surface area contributed by atoms with Gasteiger partial charge >= 0.3 is 0 Å². The zero-order chi connectivity index (χ0) is 10.1. The van der Waals surface area contributed by atoms with E-state index < -0.39 is 0 Å². The highest BCUT2D eigenvalue weighted by Crippen LogP contribution is 2.23. The van der Waals surface area contributed by atoms with Gasteiger partial charge in [-0.05, 0) is 18.1 Å². The first-order valence-corrected chi connectivity index (χ1v) is 5.09. The first-order valence-electron chi connectivity index (χ1n) is 5.09. The Morgan fingerprint density at radius 2 is 2.14 bits per heavy atom. The molecule has 0 aliphatic carbocycles. The van der Waals surface area contributed by atoms with Gasteiger partial charge in [0.2, 0.25) is 0 Å². The van der Waals surface area contributed by atoms with E-state index in [0.717, 1.165) is 23.3 Å². The molecule has 0 radical (unpaired) electrons. The van der Waals surface area contributed by atoms with Crippen LogP contribution >= 0.6 is 0 Å². The quantitative estimate of drug-likeness (QED) is 0.722. The summed E-state index contributed by atoms with van der Waals surface area (Å²) in [5.74, 6) is 1.44. The molecule has 0 saturated heterocycles. The van der Waals surface area contributed by atoms with E-state index >= 15 is 0 Å². The average molecular weight is 189 g/mol. The Labute approximate surface area is 84.0 Å². The van der Waals surface area contributed by atoms with Gasteiger partial charge in [-0.3, -0.25) is 4.98 Å². The SMILES string of the molecule is CCc1cnc2cc(C(C)C)oc2c1. The molecule has 0 amide bonds. The Bertz CT molecular complexity index is 443. The van der Waals surface area contributed by atoms with Crippen LogP contribution in [-0.2, 0) is 6.42 Å². The van der Waals surface area contributed by atoms with Gasteiger partial charge in [-0.25, -0.2) is 0 Å². The third-order valence-corrected chi connectivity index (χ3v) is 2.42. The molecular formula is C12H15NO. The second-order valence-electron chi connectivity index (χ2n) is 3.88. The molecule has 0 fully saturated rings. The maximum atomic E-state index is 5.71. The monoisotopic (exact) mass is 189 g/mol. The summed E-state index contributed by atoms with van der Waals surface area (Å²) in [6, 6.07) is 4.10. The fraction of sp³-hybridized carbons (Fsp3) is 0.417. The third kappa shape index (κ3) is 1.52. The third-order valence-electron chi connectivity index (χ3n) is 2.42. The summed E-state index contributed by atoms with van der Waals surface area (Å²) < 4.78 is 5.71. The zero-order valence-corrected chi connectivity index (χ0v) is 8.87. The Hall–Kier alpha value is -1.31. The highest BCUT2D eigenvalue weighted by Gasteiger charge is 2.08. The number of pyridine rings is 1. The minimum atomic E-state index is 0.425. The molecule has 0 saturated carbocycles. The molecule has 0 aromatic carbocycles.